The summed E-state index contributed by atoms with van der Waals surface area (Å²) >= 11 is 0. The monoisotopic (exact) mass is 334 g/mol. The van der Waals surface area contributed by atoms with E-state index in [1.807, 2.05) is 0 Å². The number of hydrogen-bond acceptors (Lipinski definition) is 3. The number of hydrogen-bond donors (Lipinski definition) is 3. The zero-order chi connectivity index (χ0) is 17.6. The first-order valence-electron chi connectivity index (χ1n) is 6.78. The molecular weight excluding hydrogens is 317 g/mol. The molecule has 0 saturated carbocycles. The second kappa shape index (κ2) is 7.70. The average Bonchev–Trinajstić information content (AvgIpc) is 2.44. The molecule has 9 heteroatoms. The molecule has 0 heterocycles. The number of amides is 2. The molecule has 6 nitrogen and oxygen atoms in total. The number of carbonyl (C=O) groups is 2. The summed E-state index contributed by atoms with van der Waals surface area (Å²) in [4.78, 5) is 22.9. The van der Waals surface area contributed by atoms with E-state index in [-0.39, 0.29) is 11.6 Å². The summed E-state index contributed by atoms with van der Waals surface area (Å²) in [6.45, 7) is 3.47. The first kappa shape index (κ1) is 18.6. The molecular formula is C14H17F3N2O4. The van der Waals surface area contributed by atoms with E-state index >= 15 is 0 Å². The van der Waals surface area contributed by atoms with Crippen molar-refractivity contribution in [1.82, 2.24) is 5.32 Å². The van der Waals surface area contributed by atoms with Crippen LogP contribution in [0.1, 0.15) is 20.3 Å². The Labute approximate surface area is 130 Å². The zero-order valence-electron chi connectivity index (χ0n) is 12.5. The second-order valence-corrected chi connectivity index (χ2v) is 4.87. The van der Waals surface area contributed by atoms with Crippen molar-refractivity contribution in [1.29, 1.82) is 0 Å². The van der Waals surface area contributed by atoms with Crippen molar-refractivity contribution in [3.8, 4) is 5.75 Å². The Bertz CT molecular complexity index is 546. The second-order valence-electron chi connectivity index (χ2n) is 4.87. The number of halogens is 3. The molecule has 0 aliphatic carbocycles. The minimum atomic E-state index is -4.79. The van der Waals surface area contributed by atoms with Crippen molar-refractivity contribution < 1.29 is 32.6 Å². The fraction of sp³-hybridized carbons (Fsp3) is 0.429. The van der Waals surface area contributed by atoms with Gasteiger partial charge in [0.2, 0.25) is 0 Å². The van der Waals surface area contributed by atoms with Crippen LogP contribution in [0.3, 0.4) is 0 Å². The van der Waals surface area contributed by atoms with Gasteiger partial charge in [0.05, 0.1) is 0 Å². The van der Waals surface area contributed by atoms with Crippen molar-refractivity contribution >= 4 is 17.7 Å². The third-order valence-corrected chi connectivity index (χ3v) is 3.11. The van der Waals surface area contributed by atoms with Crippen LogP contribution in [0.2, 0.25) is 0 Å². The maximum atomic E-state index is 12.0. The largest absolute Gasteiger partial charge is 0.573 e. The number of benzene rings is 1. The maximum absolute atomic E-state index is 12.0. The van der Waals surface area contributed by atoms with Crippen molar-refractivity contribution in [3.63, 3.8) is 0 Å². The van der Waals surface area contributed by atoms with Crippen LogP contribution in [0, 0.1) is 5.92 Å². The van der Waals surface area contributed by atoms with Crippen molar-refractivity contribution in [2.24, 2.45) is 5.92 Å². The highest BCUT2D eigenvalue weighted by molar-refractivity contribution is 5.92. The van der Waals surface area contributed by atoms with E-state index in [1.165, 1.54) is 12.1 Å². The summed E-state index contributed by atoms with van der Waals surface area (Å²) in [5.41, 5.74) is 0.199. The molecule has 0 bridgehead atoms. The first-order valence-corrected chi connectivity index (χ1v) is 6.78. The van der Waals surface area contributed by atoms with Gasteiger partial charge in [-0.15, -0.1) is 13.2 Å². The Balaban J connectivity index is 2.65. The van der Waals surface area contributed by atoms with Crippen molar-refractivity contribution in [2.75, 3.05) is 5.32 Å². The fourth-order valence-electron chi connectivity index (χ4n) is 1.73. The molecule has 3 N–H and O–H groups in total. The highest BCUT2D eigenvalue weighted by Crippen LogP contribution is 2.23. The number of rotatable bonds is 6. The zero-order valence-corrected chi connectivity index (χ0v) is 12.5. The normalized spacial score (nSPS) is 13.8. The third-order valence-electron chi connectivity index (χ3n) is 3.11. The Morgan fingerprint density at radius 2 is 1.83 bits per heavy atom. The molecule has 1 rings (SSSR count). The lowest BCUT2D eigenvalue weighted by Gasteiger charge is -2.20. The van der Waals surface area contributed by atoms with Crippen LogP contribution in [0.4, 0.5) is 23.7 Å². The van der Waals surface area contributed by atoms with Crippen LogP contribution >= 0.6 is 0 Å². The molecule has 0 spiro atoms. The first-order chi connectivity index (χ1) is 10.6. The van der Waals surface area contributed by atoms with Gasteiger partial charge in [0, 0.05) is 5.69 Å². The van der Waals surface area contributed by atoms with Gasteiger partial charge in [-0.2, -0.15) is 0 Å². The average molecular weight is 334 g/mol. The quantitative estimate of drug-likeness (QED) is 0.745. The van der Waals surface area contributed by atoms with Gasteiger partial charge in [0.25, 0.3) is 0 Å². The molecule has 0 aliphatic heterocycles. The molecule has 1 aromatic rings. The van der Waals surface area contributed by atoms with Crippen LogP contribution in [-0.4, -0.2) is 29.5 Å². The number of carboxylic acids is 1. The third kappa shape index (κ3) is 6.45. The van der Waals surface area contributed by atoms with Crippen LogP contribution < -0.4 is 15.4 Å². The smallest absolute Gasteiger partial charge is 0.480 e. The summed E-state index contributed by atoms with van der Waals surface area (Å²) in [6.07, 6.45) is -4.24. The molecule has 23 heavy (non-hydrogen) atoms. The van der Waals surface area contributed by atoms with Gasteiger partial charge in [-0.05, 0) is 30.2 Å². The van der Waals surface area contributed by atoms with Gasteiger partial charge in [-0.3, -0.25) is 0 Å². The number of nitrogens with one attached hydrogen (secondary N) is 2. The molecule has 0 fully saturated rings. The standard InChI is InChI=1S/C14H17F3N2O4/c1-3-8(2)11(12(20)21)19-13(22)18-9-4-6-10(7-5-9)23-14(15,16)17/h4-8,11H,3H2,1-2H3,(H,20,21)(H2,18,19,22). The summed E-state index contributed by atoms with van der Waals surface area (Å²) in [6, 6.07) is 2.66. The van der Waals surface area contributed by atoms with E-state index in [0.717, 1.165) is 12.1 Å². The lowest BCUT2D eigenvalue weighted by molar-refractivity contribution is -0.274. The number of urea groups is 1. The Kier molecular flexibility index (Phi) is 6.23. The van der Waals surface area contributed by atoms with Gasteiger partial charge in [-0.25, -0.2) is 9.59 Å². The fourth-order valence-corrected chi connectivity index (χ4v) is 1.73. The minimum absolute atomic E-state index is 0.199. The maximum Gasteiger partial charge on any atom is 0.573 e. The molecule has 2 atom stereocenters. The summed E-state index contributed by atoms with van der Waals surface area (Å²) in [5, 5.41) is 13.7. The number of carbonyl (C=O) groups excluding carboxylic acids is 1. The Hall–Kier alpha value is -2.45. The molecule has 0 aliphatic rings. The number of anilines is 1. The van der Waals surface area contributed by atoms with Gasteiger partial charge >= 0.3 is 18.4 Å². The van der Waals surface area contributed by atoms with E-state index in [2.05, 4.69) is 15.4 Å². The summed E-state index contributed by atoms with van der Waals surface area (Å²) in [7, 11) is 0. The highest BCUT2D eigenvalue weighted by atomic mass is 19.4. The van der Waals surface area contributed by atoms with E-state index < -0.39 is 30.2 Å². The number of carboxylic acid groups (broad SMARTS) is 1. The Morgan fingerprint density at radius 1 is 1.26 bits per heavy atom. The predicted octanol–water partition coefficient (Wildman–Crippen LogP) is 3.21. The Morgan fingerprint density at radius 3 is 2.26 bits per heavy atom. The van der Waals surface area contributed by atoms with Gasteiger partial charge in [-0.1, -0.05) is 20.3 Å². The van der Waals surface area contributed by atoms with Crippen LogP contribution in [0.15, 0.2) is 24.3 Å². The van der Waals surface area contributed by atoms with E-state index in [9.17, 15) is 22.8 Å². The van der Waals surface area contributed by atoms with Crippen molar-refractivity contribution in [2.45, 2.75) is 32.7 Å². The SMILES string of the molecule is CCC(C)C(NC(=O)Nc1ccc(OC(F)(F)F)cc1)C(=O)O. The van der Waals surface area contributed by atoms with E-state index in [0.29, 0.717) is 6.42 Å². The number of alkyl halides is 3. The molecule has 128 valence electrons. The minimum Gasteiger partial charge on any atom is -0.480 e. The molecule has 0 saturated heterocycles. The van der Waals surface area contributed by atoms with Gasteiger partial charge < -0.3 is 20.5 Å². The molecule has 0 radical (unpaired) electrons. The predicted molar refractivity (Wildman–Crippen MR) is 76.2 cm³/mol. The molecule has 2 amide bonds. The van der Waals surface area contributed by atoms with E-state index in [1.54, 1.807) is 13.8 Å². The molecule has 1 aromatic carbocycles. The van der Waals surface area contributed by atoms with Gasteiger partial charge in [0.15, 0.2) is 0 Å². The number of ether oxygens (including phenoxy) is 1. The van der Waals surface area contributed by atoms with Gasteiger partial charge in [0.1, 0.15) is 11.8 Å². The topological polar surface area (TPSA) is 87.7 Å². The highest BCUT2D eigenvalue weighted by Gasteiger charge is 2.31. The molecule has 0 aromatic heterocycles. The lowest BCUT2D eigenvalue weighted by atomic mass is 9.99. The molecule has 2 unspecified atom stereocenters. The summed E-state index contributed by atoms with van der Waals surface area (Å²) in [5.74, 6) is -1.87. The summed E-state index contributed by atoms with van der Waals surface area (Å²) < 4.78 is 39.8. The lowest BCUT2D eigenvalue weighted by Crippen LogP contribution is -2.46. The number of aliphatic carboxylic acids is 1. The van der Waals surface area contributed by atoms with Crippen molar-refractivity contribution in [3.05, 3.63) is 24.3 Å². The van der Waals surface area contributed by atoms with Crippen LogP contribution in [0.25, 0.3) is 0 Å². The van der Waals surface area contributed by atoms with E-state index in [4.69, 9.17) is 5.11 Å². The van der Waals surface area contributed by atoms with Crippen LogP contribution in [-0.2, 0) is 4.79 Å². The van der Waals surface area contributed by atoms with Crippen LogP contribution in [0.5, 0.6) is 5.75 Å².